The molecular weight excluding hydrogens is 336 g/mol. The Labute approximate surface area is 149 Å². The Morgan fingerprint density at radius 2 is 2.15 bits per heavy atom. The van der Waals surface area contributed by atoms with Crippen molar-refractivity contribution in [2.75, 3.05) is 13.1 Å². The second-order valence-corrected chi connectivity index (χ2v) is 6.75. The lowest BCUT2D eigenvalue weighted by Gasteiger charge is -2.31. The molecule has 0 atom stereocenters. The van der Waals surface area contributed by atoms with Crippen LogP contribution in [0.2, 0.25) is 0 Å². The fraction of sp³-hybridized carbons (Fsp3) is 0.471. The molecule has 26 heavy (non-hydrogen) atoms. The number of rotatable bonds is 5. The summed E-state index contributed by atoms with van der Waals surface area (Å²) in [6.07, 6.45) is 7.93. The highest BCUT2D eigenvalue weighted by Gasteiger charge is 2.22. The van der Waals surface area contributed by atoms with Crippen LogP contribution in [0.4, 0.5) is 0 Å². The van der Waals surface area contributed by atoms with Crippen molar-refractivity contribution in [3.8, 4) is 0 Å². The Morgan fingerprint density at radius 1 is 1.35 bits per heavy atom. The Bertz CT molecular complexity index is 926. The van der Waals surface area contributed by atoms with Crippen molar-refractivity contribution in [1.82, 2.24) is 29.6 Å². The summed E-state index contributed by atoms with van der Waals surface area (Å²) in [5, 5.41) is 17.0. The number of nitrogens with zero attached hydrogens (tertiary/aromatic N) is 6. The van der Waals surface area contributed by atoms with Gasteiger partial charge in [-0.15, -0.1) is 0 Å². The molecule has 0 spiro atoms. The zero-order chi connectivity index (χ0) is 18.1. The highest BCUT2D eigenvalue weighted by molar-refractivity contribution is 5.93. The van der Waals surface area contributed by atoms with Gasteiger partial charge in [-0.25, -0.2) is 14.3 Å². The number of likely N-dealkylation sites (tertiary alicyclic amines) is 1. The third-order valence-corrected chi connectivity index (χ3v) is 4.79. The fourth-order valence-electron chi connectivity index (χ4n) is 3.42. The quantitative estimate of drug-likeness (QED) is 0.734. The summed E-state index contributed by atoms with van der Waals surface area (Å²) < 4.78 is 6.75. The van der Waals surface area contributed by atoms with Crippen LogP contribution < -0.4 is 0 Å². The molecule has 0 radical (unpaired) electrons. The van der Waals surface area contributed by atoms with Gasteiger partial charge in [-0.1, -0.05) is 5.16 Å². The predicted molar refractivity (Wildman–Crippen MR) is 90.7 cm³/mol. The molecule has 1 saturated heterocycles. The van der Waals surface area contributed by atoms with E-state index in [1.807, 2.05) is 13.1 Å². The summed E-state index contributed by atoms with van der Waals surface area (Å²) >= 11 is 0. The predicted octanol–water partition coefficient (Wildman–Crippen LogP) is 1.57. The molecule has 0 amide bonds. The van der Waals surface area contributed by atoms with E-state index in [9.17, 15) is 4.79 Å². The normalized spacial score (nSPS) is 16.3. The third kappa shape index (κ3) is 3.43. The van der Waals surface area contributed by atoms with Gasteiger partial charge >= 0.3 is 5.97 Å². The molecule has 136 valence electrons. The molecule has 4 rings (SSSR count). The number of aromatic carboxylic acids is 1. The summed E-state index contributed by atoms with van der Waals surface area (Å²) in [6.45, 7) is 4.60. The molecule has 9 heteroatoms. The number of aryl methyl sites for hydroxylation is 1. The van der Waals surface area contributed by atoms with Gasteiger partial charge < -0.3 is 9.63 Å². The van der Waals surface area contributed by atoms with Crippen molar-refractivity contribution in [2.45, 2.75) is 32.7 Å². The molecule has 4 heterocycles. The molecule has 0 aromatic carbocycles. The van der Waals surface area contributed by atoms with Crippen LogP contribution in [0.15, 0.2) is 23.1 Å². The van der Waals surface area contributed by atoms with Crippen LogP contribution in [0.1, 0.15) is 40.5 Å². The molecule has 0 bridgehead atoms. The number of hydrogen-bond acceptors (Lipinski definition) is 7. The summed E-state index contributed by atoms with van der Waals surface area (Å²) in [4.78, 5) is 22.0. The average Bonchev–Trinajstić information content (AvgIpc) is 3.22. The molecule has 3 aromatic heterocycles. The number of hydrogen-bond donors (Lipinski definition) is 1. The van der Waals surface area contributed by atoms with E-state index < -0.39 is 5.97 Å². The number of aromatic nitrogens is 5. The number of piperidine rings is 1. The van der Waals surface area contributed by atoms with Crippen molar-refractivity contribution in [1.29, 1.82) is 0 Å². The molecule has 1 fully saturated rings. The topological polar surface area (TPSA) is 110 Å². The standard InChI is InChI=1S/C17H20N6O3/c1-11-20-15(26-21-11)6-12-2-4-22(5-3-12)9-13-7-18-16-14(17(24)25)8-19-23(16)10-13/h7-8,10,12H,2-6,9H2,1H3,(H,24,25). The van der Waals surface area contributed by atoms with Crippen LogP contribution in [0.25, 0.3) is 5.65 Å². The van der Waals surface area contributed by atoms with Gasteiger partial charge in [0, 0.05) is 30.9 Å². The lowest BCUT2D eigenvalue weighted by atomic mass is 9.93. The number of carboxylic acid groups (broad SMARTS) is 1. The molecule has 1 aliphatic heterocycles. The van der Waals surface area contributed by atoms with E-state index in [-0.39, 0.29) is 5.56 Å². The molecule has 0 unspecified atom stereocenters. The minimum absolute atomic E-state index is 0.119. The Balaban J connectivity index is 1.35. The first-order valence-corrected chi connectivity index (χ1v) is 8.65. The zero-order valence-electron chi connectivity index (χ0n) is 14.5. The molecule has 1 N–H and O–H groups in total. The summed E-state index contributed by atoms with van der Waals surface area (Å²) in [5.74, 6) is 0.961. The molecule has 9 nitrogen and oxygen atoms in total. The van der Waals surface area contributed by atoms with Crippen molar-refractivity contribution < 1.29 is 14.4 Å². The van der Waals surface area contributed by atoms with E-state index in [1.165, 1.54) is 10.7 Å². The third-order valence-electron chi connectivity index (χ3n) is 4.79. The van der Waals surface area contributed by atoms with E-state index in [4.69, 9.17) is 9.63 Å². The number of fused-ring (bicyclic) bond motifs is 1. The van der Waals surface area contributed by atoms with Gasteiger partial charge in [0.2, 0.25) is 5.89 Å². The second-order valence-electron chi connectivity index (χ2n) is 6.75. The first-order valence-electron chi connectivity index (χ1n) is 8.65. The monoisotopic (exact) mass is 356 g/mol. The average molecular weight is 356 g/mol. The summed E-state index contributed by atoms with van der Waals surface area (Å²) in [5.41, 5.74) is 1.51. The minimum Gasteiger partial charge on any atom is -0.477 e. The maximum atomic E-state index is 11.1. The molecular formula is C17H20N6O3. The lowest BCUT2D eigenvalue weighted by Crippen LogP contribution is -2.34. The minimum atomic E-state index is -1.02. The molecule has 3 aromatic rings. The Hall–Kier alpha value is -2.81. The van der Waals surface area contributed by atoms with E-state index in [0.717, 1.165) is 50.4 Å². The van der Waals surface area contributed by atoms with Gasteiger partial charge in [0.1, 0.15) is 5.56 Å². The number of carbonyl (C=O) groups is 1. The highest BCUT2D eigenvalue weighted by Crippen LogP contribution is 2.22. The van der Waals surface area contributed by atoms with E-state index in [2.05, 4.69) is 25.1 Å². The maximum Gasteiger partial charge on any atom is 0.341 e. The van der Waals surface area contributed by atoms with Crippen LogP contribution in [-0.4, -0.2) is 53.8 Å². The summed E-state index contributed by atoms with van der Waals surface area (Å²) in [7, 11) is 0. The molecule has 1 aliphatic rings. The van der Waals surface area contributed by atoms with Gasteiger partial charge in [-0.05, 0) is 38.8 Å². The van der Waals surface area contributed by atoms with E-state index >= 15 is 0 Å². The Kier molecular flexibility index (Phi) is 4.37. The van der Waals surface area contributed by atoms with Crippen molar-refractivity contribution in [3.05, 3.63) is 41.4 Å². The number of carboxylic acids is 1. The zero-order valence-corrected chi connectivity index (χ0v) is 14.5. The highest BCUT2D eigenvalue weighted by atomic mass is 16.5. The first kappa shape index (κ1) is 16.6. The van der Waals surface area contributed by atoms with Gasteiger partial charge in [-0.2, -0.15) is 10.1 Å². The first-order chi connectivity index (χ1) is 12.6. The van der Waals surface area contributed by atoms with Crippen LogP contribution in [0.3, 0.4) is 0 Å². The molecule has 0 aliphatic carbocycles. The smallest absolute Gasteiger partial charge is 0.341 e. The van der Waals surface area contributed by atoms with Crippen LogP contribution in [0, 0.1) is 12.8 Å². The van der Waals surface area contributed by atoms with Crippen molar-refractivity contribution in [2.24, 2.45) is 5.92 Å². The van der Waals surface area contributed by atoms with Crippen LogP contribution in [-0.2, 0) is 13.0 Å². The lowest BCUT2D eigenvalue weighted by molar-refractivity contribution is 0.0698. The van der Waals surface area contributed by atoms with Gasteiger partial charge in [0.05, 0.1) is 6.20 Å². The van der Waals surface area contributed by atoms with Crippen molar-refractivity contribution in [3.63, 3.8) is 0 Å². The maximum absolute atomic E-state index is 11.1. The van der Waals surface area contributed by atoms with Gasteiger partial charge in [0.15, 0.2) is 11.5 Å². The van der Waals surface area contributed by atoms with Crippen LogP contribution in [0.5, 0.6) is 0 Å². The van der Waals surface area contributed by atoms with Gasteiger partial charge in [-0.3, -0.25) is 4.90 Å². The van der Waals surface area contributed by atoms with E-state index in [0.29, 0.717) is 17.4 Å². The molecule has 0 saturated carbocycles. The Morgan fingerprint density at radius 3 is 2.85 bits per heavy atom. The van der Waals surface area contributed by atoms with Crippen LogP contribution >= 0.6 is 0 Å². The fourth-order valence-corrected chi connectivity index (χ4v) is 3.42. The SMILES string of the molecule is Cc1noc(CC2CCN(Cc3cnc4c(C(=O)O)cnn4c3)CC2)n1. The summed E-state index contributed by atoms with van der Waals surface area (Å²) in [6, 6.07) is 0. The second kappa shape index (κ2) is 6.83. The van der Waals surface area contributed by atoms with E-state index in [1.54, 1.807) is 6.20 Å². The van der Waals surface area contributed by atoms with Crippen molar-refractivity contribution >= 4 is 11.6 Å². The largest absolute Gasteiger partial charge is 0.477 e. The van der Waals surface area contributed by atoms with Gasteiger partial charge in [0.25, 0.3) is 0 Å².